The number of hydrogen-bond acceptors (Lipinski definition) is 2. The number of piperidine rings is 1. The molecule has 5 fully saturated rings. The Bertz CT molecular complexity index is 702. The molecule has 0 spiro atoms. The predicted octanol–water partition coefficient (Wildman–Crippen LogP) is 8.46. The van der Waals surface area contributed by atoms with Crippen molar-refractivity contribution in [2.75, 3.05) is 19.7 Å². The second-order valence-corrected chi connectivity index (χ2v) is 13.6. The van der Waals surface area contributed by atoms with Crippen molar-refractivity contribution in [1.82, 2.24) is 4.90 Å². The van der Waals surface area contributed by atoms with E-state index in [1.54, 1.807) is 6.42 Å². The standard InChI is InChI=1S/C31H53NO2/c1-4-23-22-25-27-15-14-24(12-7-11-21-34-29(33)32-19-9-5-10-20-32)30(27,2)18-16-28(25)31(3)17-8-6-13-26(23)31/h23-28H,4-22H2,1-3H3/t23-,24?,25?,26?,27?,28-,30?,31?/m0/s1. The van der Waals surface area contributed by atoms with E-state index in [1.807, 2.05) is 4.90 Å². The van der Waals surface area contributed by atoms with Gasteiger partial charge in [-0.25, -0.2) is 4.79 Å². The zero-order chi connectivity index (χ0) is 23.8. The number of unbranched alkanes of at least 4 members (excludes halogenated alkanes) is 1. The lowest BCUT2D eigenvalue weighted by Gasteiger charge is -2.62. The van der Waals surface area contributed by atoms with Gasteiger partial charge in [0.2, 0.25) is 0 Å². The number of fused-ring (bicyclic) bond motifs is 5. The van der Waals surface area contributed by atoms with Crippen LogP contribution in [-0.2, 0) is 4.74 Å². The lowest BCUT2D eigenvalue weighted by molar-refractivity contribution is -0.135. The van der Waals surface area contributed by atoms with Gasteiger partial charge in [0, 0.05) is 13.1 Å². The van der Waals surface area contributed by atoms with E-state index in [0.29, 0.717) is 17.4 Å². The summed E-state index contributed by atoms with van der Waals surface area (Å²) in [5, 5.41) is 0. The first kappa shape index (κ1) is 24.9. The van der Waals surface area contributed by atoms with Crippen molar-refractivity contribution in [3.8, 4) is 0 Å². The highest BCUT2D eigenvalue weighted by molar-refractivity contribution is 5.67. The predicted molar refractivity (Wildman–Crippen MR) is 140 cm³/mol. The molecule has 0 aromatic rings. The van der Waals surface area contributed by atoms with E-state index in [4.69, 9.17) is 4.74 Å². The Morgan fingerprint density at radius 2 is 1.65 bits per heavy atom. The monoisotopic (exact) mass is 471 g/mol. The third-order valence-corrected chi connectivity index (χ3v) is 12.3. The van der Waals surface area contributed by atoms with Crippen LogP contribution in [-0.4, -0.2) is 30.7 Å². The maximum Gasteiger partial charge on any atom is 0.409 e. The number of likely N-dealkylation sites (tertiary alicyclic amines) is 1. The molecule has 6 unspecified atom stereocenters. The first-order valence-electron chi connectivity index (χ1n) is 15.4. The summed E-state index contributed by atoms with van der Waals surface area (Å²) in [6, 6.07) is 0. The molecule has 194 valence electrons. The lowest BCUT2D eigenvalue weighted by atomic mass is 9.42. The maximum absolute atomic E-state index is 12.3. The van der Waals surface area contributed by atoms with Gasteiger partial charge in [0.05, 0.1) is 6.61 Å². The molecule has 0 radical (unpaired) electrons. The lowest BCUT2D eigenvalue weighted by Crippen LogP contribution is -2.55. The van der Waals surface area contributed by atoms with Crippen LogP contribution >= 0.6 is 0 Å². The van der Waals surface area contributed by atoms with Crippen molar-refractivity contribution >= 4 is 6.09 Å². The summed E-state index contributed by atoms with van der Waals surface area (Å²) < 4.78 is 5.62. The summed E-state index contributed by atoms with van der Waals surface area (Å²) in [6.45, 7) is 10.3. The first-order chi connectivity index (χ1) is 16.5. The van der Waals surface area contributed by atoms with Gasteiger partial charge in [-0.1, -0.05) is 40.0 Å². The summed E-state index contributed by atoms with van der Waals surface area (Å²) in [5.41, 5.74) is 1.21. The molecule has 5 aliphatic rings. The van der Waals surface area contributed by atoms with Crippen molar-refractivity contribution < 1.29 is 9.53 Å². The molecule has 0 bridgehead atoms. The third kappa shape index (κ3) is 4.45. The van der Waals surface area contributed by atoms with E-state index in [0.717, 1.165) is 67.9 Å². The molecule has 1 saturated heterocycles. The molecule has 0 aromatic carbocycles. The van der Waals surface area contributed by atoms with Crippen molar-refractivity contribution in [1.29, 1.82) is 0 Å². The number of carbonyl (C=O) groups excluding carboxylic acids is 1. The largest absolute Gasteiger partial charge is 0.449 e. The fourth-order valence-corrected chi connectivity index (χ4v) is 10.4. The van der Waals surface area contributed by atoms with Gasteiger partial charge in [0.25, 0.3) is 0 Å². The number of carbonyl (C=O) groups is 1. The highest BCUT2D eigenvalue weighted by Crippen LogP contribution is 2.69. The SMILES string of the molecule is CC[C@H]1CC2C3CCC(CCCCOC(=O)N4CCCCC4)C3(C)CC[C@@H]2C2(C)CCCCC12. The highest BCUT2D eigenvalue weighted by atomic mass is 16.6. The zero-order valence-electron chi connectivity index (χ0n) is 22.7. The summed E-state index contributed by atoms with van der Waals surface area (Å²) in [7, 11) is 0. The minimum Gasteiger partial charge on any atom is -0.449 e. The molecule has 1 aliphatic heterocycles. The molecule has 3 heteroatoms. The molecule has 0 N–H and O–H groups in total. The number of ether oxygens (including phenoxy) is 1. The molecule has 0 aromatic heterocycles. The molecule has 34 heavy (non-hydrogen) atoms. The fraction of sp³-hybridized carbons (Fsp3) is 0.968. The van der Waals surface area contributed by atoms with E-state index in [2.05, 4.69) is 20.8 Å². The highest BCUT2D eigenvalue weighted by Gasteiger charge is 2.60. The Kier molecular flexibility index (Phi) is 7.58. The van der Waals surface area contributed by atoms with Crippen LogP contribution in [0.4, 0.5) is 4.79 Å². The fourth-order valence-electron chi connectivity index (χ4n) is 10.4. The van der Waals surface area contributed by atoms with E-state index < -0.39 is 0 Å². The van der Waals surface area contributed by atoms with Crippen LogP contribution in [0.5, 0.6) is 0 Å². The second-order valence-electron chi connectivity index (χ2n) is 13.6. The molecule has 4 saturated carbocycles. The number of amides is 1. The van der Waals surface area contributed by atoms with Crippen LogP contribution in [0.2, 0.25) is 0 Å². The van der Waals surface area contributed by atoms with Crippen molar-refractivity contribution in [3.05, 3.63) is 0 Å². The average molecular weight is 472 g/mol. The van der Waals surface area contributed by atoms with Gasteiger partial charge >= 0.3 is 6.09 Å². The third-order valence-electron chi connectivity index (χ3n) is 12.3. The minimum atomic E-state index is -0.0665. The summed E-state index contributed by atoms with van der Waals surface area (Å²) in [4.78, 5) is 14.2. The van der Waals surface area contributed by atoms with E-state index in [1.165, 1.54) is 77.0 Å². The molecule has 1 amide bonds. The Labute approximate surface area is 210 Å². The number of hydrogen-bond donors (Lipinski definition) is 0. The van der Waals surface area contributed by atoms with Gasteiger partial charge < -0.3 is 9.64 Å². The van der Waals surface area contributed by atoms with Crippen LogP contribution in [0.25, 0.3) is 0 Å². The molecular weight excluding hydrogens is 418 g/mol. The van der Waals surface area contributed by atoms with E-state index in [9.17, 15) is 4.79 Å². The Hall–Kier alpha value is -0.730. The summed E-state index contributed by atoms with van der Waals surface area (Å²) >= 11 is 0. The van der Waals surface area contributed by atoms with Crippen LogP contribution in [0, 0.1) is 46.3 Å². The van der Waals surface area contributed by atoms with Crippen LogP contribution < -0.4 is 0 Å². The second kappa shape index (κ2) is 10.3. The Morgan fingerprint density at radius 3 is 2.44 bits per heavy atom. The smallest absolute Gasteiger partial charge is 0.409 e. The zero-order valence-corrected chi connectivity index (χ0v) is 22.7. The summed E-state index contributed by atoms with van der Waals surface area (Å²) in [5.74, 6) is 5.88. The molecule has 3 nitrogen and oxygen atoms in total. The van der Waals surface area contributed by atoms with Gasteiger partial charge in [-0.15, -0.1) is 0 Å². The Balaban J connectivity index is 1.14. The van der Waals surface area contributed by atoms with Crippen molar-refractivity contribution in [3.63, 3.8) is 0 Å². The number of nitrogens with zero attached hydrogens (tertiary/aromatic N) is 1. The van der Waals surface area contributed by atoms with Gasteiger partial charge in [-0.3, -0.25) is 0 Å². The first-order valence-corrected chi connectivity index (χ1v) is 15.4. The van der Waals surface area contributed by atoms with E-state index >= 15 is 0 Å². The van der Waals surface area contributed by atoms with E-state index in [-0.39, 0.29) is 6.09 Å². The topological polar surface area (TPSA) is 29.5 Å². The molecule has 4 aliphatic carbocycles. The molecule has 1 heterocycles. The van der Waals surface area contributed by atoms with Crippen LogP contribution in [0.15, 0.2) is 0 Å². The van der Waals surface area contributed by atoms with Gasteiger partial charge in [-0.2, -0.15) is 0 Å². The molecule has 5 rings (SSSR count). The number of rotatable bonds is 6. The molecule has 8 atom stereocenters. The van der Waals surface area contributed by atoms with Crippen LogP contribution in [0.3, 0.4) is 0 Å². The molecular formula is C31H53NO2. The normalized spacial score (nSPS) is 44.1. The van der Waals surface area contributed by atoms with Gasteiger partial charge in [0.1, 0.15) is 0 Å². The minimum absolute atomic E-state index is 0.0665. The van der Waals surface area contributed by atoms with Gasteiger partial charge in [-0.05, 0) is 130 Å². The summed E-state index contributed by atoms with van der Waals surface area (Å²) in [6.07, 6.45) is 22.0. The Morgan fingerprint density at radius 1 is 0.853 bits per heavy atom. The van der Waals surface area contributed by atoms with Crippen LogP contribution in [0.1, 0.15) is 124 Å². The van der Waals surface area contributed by atoms with Crippen molar-refractivity contribution in [2.45, 2.75) is 124 Å². The quantitative estimate of drug-likeness (QED) is 0.364. The maximum atomic E-state index is 12.3. The van der Waals surface area contributed by atoms with Crippen molar-refractivity contribution in [2.24, 2.45) is 46.3 Å². The average Bonchev–Trinajstić information content (AvgIpc) is 3.19. The van der Waals surface area contributed by atoms with Gasteiger partial charge in [0.15, 0.2) is 0 Å².